The van der Waals surface area contributed by atoms with Gasteiger partial charge in [-0.2, -0.15) is 0 Å². The Kier molecular flexibility index (Phi) is 10.7. The number of ether oxygens (including phenoxy) is 2. The fourth-order valence-electron chi connectivity index (χ4n) is 5.27. The molecule has 0 bridgehead atoms. The second-order valence-corrected chi connectivity index (χ2v) is 10.9. The molecule has 1 aliphatic heterocycles. The molecule has 10 nitrogen and oxygen atoms in total. The van der Waals surface area contributed by atoms with Crippen molar-refractivity contribution in [1.29, 1.82) is 0 Å². The highest BCUT2D eigenvalue weighted by Gasteiger charge is 2.30. The van der Waals surface area contributed by atoms with E-state index in [1.54, 1.807) is 19.9 Å². The van der Waals surface area contributed by atoms with Crippen LogP contribution in [0.4, 0.5) is 4.79 Å². The molecule has 4 atom stereocenters. The quantitative estimate of drug-likeness (QED) is 0.292. The molecule has 10 heteroatoms. The summed E-state index contributed by atoms with van der Waals surface area (Å²) in [5.74, 6) is -2.01. The number of hydrogen-bond acceptors (Lipinski definition) is 7. The minimum absolute atomic E-state index is 0.0427. The van der Waals surface area contributed by atoms with Crippen molar-refractivity contribution < 1.29 is 33.8 Å². The van der Waals surface area contributed by atoms with Crippen molar-refractivity contribution in [3.05, 3.63) is 71.8 Å². The molecule has 0 spiro atoms. The standard InChI is InChI=1S/C32H39N3O7/c1-20(17-36)33-29(37)16-22-10-4-3-5-15-28(31(39)41-18-21(2)34-30(22)38)35-32(40)42-19-27-25-13-8-6-11-23(25)24-12-7-9-14-26(24)27/h3-4,6-9,11-14,20-22,27-28,36H,5,10,15-19H2,1-2H3,(H,33,37)(H,34,38)(H,35,40)/t20-,21+,22-,28+/m1/s1. The number of fused-ring (bicyclic) bond motifs is 3. The second kappa shape index (κ2) is 14.6. The summed E-state index contributed by atoms with van der Waals surface area (Å²) < 4.78 is 11.0. The highest BCUT2D eigenvalue weighted by atomic mass is 16.6. The molecule has 0 unspecified atom stereocenters. The highest BCUT2D eigenvalue weighted by Crippen LogP contribution is 2.44. The summed E-state index contributed by atoms with van der Waals surface area (Å²) in [7, 11) is 0. The van der Waals surface area contributed by atoms with Gasteiger partial charge in [0, 0.05) is 18.4 Å². The number of hydrogen-bond donors (Lipinski definition) is 4. The van der Waals surface area contributed by atoms with Crippen LogP contribution in [0.2, 0.25) is 0 Å². The Bertz CT molecular complexity index is 1270. The Labute approximate surface area is 245 Å². The van der Waals surface area contributed by atoms with Crippen LogP contribution in [-0.4, -0.2) is 66.9 Å². The van der Waals surface area contributed by atoms with E-state index >= 15 is 0 Å². The molecule has 4 rings (SSSR count). The van der Waals surface area contributed by atoms with Gasteiger partial charge in [0.05, 0.1) is 18.6 Å². The molecule has 42 heavy (non-hydrogen) atoms. The molecule has 0 fully saturated rings. The molecule has 1 aliphatic carbocycles. The van der Waals surface area contributed by atoms with Gasteiger partial charge < -0.3 is 30.5 Å². The van der Waals surface area contributed by atoms with E-state index in [0.717, 1.165) is 22.3 Å². The Hall–Kier alpha value is -4.18. The molecule has 1 heterocycles. The molecule has 0 aromatic heterocycles. The van der Waals surface area contributed by atoms with Crippen LogP contribution >= 0.6 is 0 Å². The lowest BCUT2D eigenvalue weighted by Crippen LogP contribution is -2.45. The van der Waals surface area contributed by atoms with E-state index in [2.05, 4.69) is 28.1 Å². The van der Waals surface area contributed by atoms with Gasteiger partial charge in [0.2, 0.25) is 11.8 Å². The smallest absolute Gasteiger partial charge is 0.407 e. The zero-order valence-electron chi connectivity index (χ0n) is 24.0. The average Bonchev–Trinajstić information content (AvgIpc) is 3.30. The third kappa shape index (κ3) is 7.97. The molecular formula is C32H39N3O7. The number of aliphatic hydroxyl groups is 1. The average molecular weight is 578 g/mol. The summed E-state index contributed by atoms with van der Waals surface area (Å²) in [5.41, 5.74) is 4.42. The first-order chi connectivity index (χ1) is 20.3. The van der Waals surface area contributed by atoms with E-state index in [-0.39, 0.29) is 50.4 Å². The molecule has 0 saturated heterocycles. The first kappa shape index (κ1) is 30.8. The van der Waals surface area contributed by atoms with Crippen molar-refractivity contribution in [1.82, 2.24) is 16.0 Å². The van der Waals surface area contributed by atoms with Crippen LogP contribution in [0.1, 0.15) is 56.6 Å². The van der Waals surface area contributed by atoms with Gasteiger partial charge in [-0.15, -0.1) is 0 Å². The number of esters is 1. The summed E-state index contributed by atoms with van der Waals surface area (Å²) in [6, 6.07) is 14.2. The number of alkyl carbamates (subject to hydrolysis) is 1. The van der Waals surface area contributed by atoms with Gasteiger partial charge in [-0.1, -0.05) is 60.7 Å². The molecular weight excluding hydrogens is 538 g/mol. The predicted molar refractivity (Wildman–Crippen MR) is 156 cm³/mol. The monoisotopic (exact) mass is 577 g/mol. The van der Waals surface area contributed by atoms with E-state index < -0.39 is 36.1 Å². The lowest BCUT2D eigenvalue weighted by atomic mass is 9.98. The van der Waals surface area contributed by atoms with E-state index in [1.807, 2.05) is 42.5 Å². The first-order valence-corrected chi connectivity index (χ1v) is 14.4. The number of carbonyl (C=O) groups excluding carboxylic acids is 4. The zero-order chi connectivity index (χ0) is 30.1. The Balaban J connectivity index is 1.36. The summed E-state index contributed by atoms with van der Waals surface area (Å²) >= 11 is 0. The van der Waals surface area contributed by atoms with Crippen LogP contribution < -0.4 is 16.0 Å². The Morgan fingerprint density at radius 1 is 1.07 bits per heavy atom. The minimum Gasteiger partial charge on any atom is -0.462 e. The Morgan fingerprint density at radius 2 is 1.74 bits per heavy atom. The summed E-state index contributed by atoms with van der Waals surface area (Å²) in [6.07, 6.45) is 3.88. The van der Waals surface area contributed by atoms with Gasteiger partial charge in [-0.25, -0.2) is 9.59 Å². The summed E-state index contributed by atoms with van der Waals surface area (Å²) in [4.78, 5) is 50.9. The van der Waals surface area contributed by atoms with Gasteiger partial charge in [0.1, 0.15) is 19.3 Å². The maximum absolute atomic E-state index is 12.9. The number of amides is 3. The molecule has 2 aliphatic rings. The van der Waals surface area contributed by atoms with Crippen LogP contribution in [0, 0.1) is 5.92 Å². The predicted octanol–water partition coefficient (Wildman–Crippen LogP) is 3.19. The molecule has 224 valence electrons. The largest absolute Gasteiger partial charge is 0.462 e. The maximum Gasteiger partial charge on any atom is 0.407 e. The lowest BCUT2D eigenvalue weighted by molar-refractivity contribution is -0.147. The van der Waals surface area contributed by atoms with E-state index in [4.69, 9.17) is 9.47 Å². The molecule has 4 N–H and O–H groups in total. The number of carbonyl (C=O) groups is 4. The normalized spacial score (nSPS) is 21.7. The molecule has 0 saturated carbocycles. The van der Waals surface area contributed by atoms with Gasteiger partial charge >= 0.3 is 12.1 Å². The SMILES string of the molecule is C[C@H](CO)NC(=O)C[C@H]1CC=CCC[C@H](NC(=O)OCC2c3ccccc3-c3ccccc32)C(=O)OC[C@H](C)NC1=O. The van der Waals surface area contributed by atoms with Gasteiger partial charge in [-0.05, 0) is 55.4 Å². The lowest BCUT2D eigenvalue weighted by Gasteiger charge is -2.21. The highest BCUT2D eigenvalue weighted by molar-refractivity contribution is 5.86. The van der Waals surface area contributed by atoms with Crippen LogP contribution in [0.15, 0.2) is 60.7 Å². The van der Waals surface area contributed by atoms with Crippen LogP contribution in [0.5, 0.6) is 0 Å². The van der Waals surface area contributed by atoms with Crippen molar-refractivity contribution in [2.75, 3.05) is 19.8 Å². The summed E-state index contributed by atoms with van der Waals surface area (Å²) in [5, 5.41) is 17.3. The van der Waals surface area contributed by atoms with Crippen molar-refractivity contribution in [2.24, 2.45) is 5.92 Å². The molecule has 2 aromatic rings. The van der Waals surface area contributed by atoms with Crippen molar-refractivity contribution in [3.8, 4) is 11.1 Å². The Morgan fingerprint density at radius 3 is 2.40 bits per heavy atom. The van der Waals surface area contributed by atoms with Gasteiger partial charge in [0.15, 0.2) is 0 Å². The molecule has 0 radical (unpaired) electrons. The van der Waals surface area contributed by atoms with E-state index in [9.17, 15) is 24.3 Å². The number of allylic oxidation sites excluding steroid dienone is 2. The third-order valence-corrected chi connectivity index (χ3v) is 7.48. The molecule has 3 amide bonds. The van der Waals surface area contributed by atoms with Crippen LogP contribution in [0.3, 0.4) is 0 Å². The number of rotatable bonds is 7. The fourth-order valence-corrected chi connectivity index (χ4v) is 5.27. The van der Waals surface area contributed by atoms with E-state index in [1.165, 1.54) is 0 Å². The second-order valence-electron chi connectivity index (χ2n) is 10.9. The minimum atomic E-state index is -0.935. The number of aliphatic hydroxyl groups excluding tert-OH is 1. The van der Waals surface area contributed by atoms with Crippen molar-refractivity contribution >= 4 is 23.9 Å². The summed E-state index contributed by atoms with van der Waals surface area (Å²) in [6.45, 7) is 3.19. The number of nitrogens with one attached hydrogen (secondary N) is 3. The van der Waals surface area contributed by atoms with Gasteiger partial charge in [-0.3, -0.25) is 9.59 Å². The van der Waals surface area contributed by atoms with Crippen molar-refractivity contribution in [3.63, 3.8) is 0 Å². The third-order valence-electron chi connectivity index (χ3n) is 7.48. The number of cyclic esters (lactones) is 1. The van der Waals surface area contributed by atoms with E-state index in [0.29, 0.717) is 12.8 Å². The number of benzene rings is 2. The maximum atomic E-state index is 12.9. The topological polar surface area (TPSA) is 143 Å². The fraction of sp³-hybridized carbons (Fsp3) is 0.438. The van der Waals surface area contributed by atoms with Crippen LogP contribution in [0.25, 0.3) is 11.1 Å². The first-order valence-electron chi connectivity index (χ1n) is 14.4. The zero-order valence-corrected chi connectivity index (χ0v) is 24.0. The van der Waals surface area contributed by atoms with Crippen molar-refractivity contribution in [2.45, 2.75) is 63.6 Å². The van der Waals surface area contributed by atoms with Crippen LogP contribution in [-0.2, 0) is 23.9 Å². The van der Waals surface area contributed by atoms with Gasteiger partial charge in [0.25, 0.3) is 0 Å². The molecule has 2 aromatic carbocycles.